The van der Waals surface area contributed by atoms with Crippen LogP contribution >= 0.6 is 46.4 Å². The van der Waals surface area contributed by atoms with Gasteiger partial charge in [0.05, 0.1) is 22.0 Å². The molecule has 0 spiro atoms. The van der Waals surface area contributed by atoms with Gasteiger partial charge in [-0.25, -0.2) is 8.42 Å². The topological polar surface area (TPSA) is 86.8 Å². The summed E-state index contributed by atoms with van der Waals surface area (Å²) >= 11 is 24.3. The van der Waals surface area contributed by atoms with E-state index in [0.29, 0.717) is 22.2 Å². The van der Waals surface area contributed by atoms with Gasteiger partial charge in [0.1, 0.15) is 12.6 Å². The molecule has 0 aliphatic carbocycles. The van der Waals surface area contributed by atoms with Crippen molar-refractivity contribution >= 4 is 73.9 Å². The molecule has 0 bridgehead atoms. The maximum atomic E-state index is 13.5. The van der Waals surface area contributed by atoms with Gasteiger partial charge < -0.3 is 10.2 Å². The predicted octanol–water partition coefficient (Wildman–Crippen LogP) is 5.40. The number of unbranched alkanes of at least 4 members (excludes halogenated alkanes) is 1. The van der Waals surface area contributed by atoms with E-state index >= 15 is 0 Å². The molecule has 0 aliphatic heterocycles. The Morgan fingerprint density at radius 2 is 1.69 bits per heavy atom. The van der Waals surface area contributed by atoms with Crippen molar-refractivity contribution in [2.75, 3.05) is 23.7 Å². The van der Waals surface area contributed by atoms with Gasteiger partial charge in [0.15, 0.2) is 0 Å². The number of amides is 2. The van der Waals surface area contributed by atoms with E-state index in [-0.39, 0.29) is 28.2 Å². The summed E-state index contributed by atoms with van der Waals surface area (Å²) in [6.07, 6.45) is 2.66. The van der Waals surface area contributed by atoms with Gasteiger partial charge in [0, 0.05) is 23.1 Å². The molecule has 12 heteroatoms. The van der Waals surface area contributed by atoms with Crippen LogP contribution in [0, 0.1) is 0 Å². The Morgan fingerprint density at radius 1 is 1.00 bits per heavy atom. The number of benzene rings is 2. The molecule has 1 N–H and O–H groups in total. The molecule has 0 unspecified atom stereocenters. The largest absolute Gasteiger partial charge is 0.354 e. The Bertz CT molecular complexity index is 1180. The average molecular weight is 583 g/mol. The molecule has 0 heterocycles. The van der Waals surface area contributed by atoms with Gasteiger partial charge >= 0.3 is 0 Å². The van der Waals surface area contributed by atoms with Crippen molar-refractivity contribution in [3.8, 4) is 0 Å². The molecular formula is C23H27Cl4N3O4S. The second kappa shape index (κ2) is 13.0. The van der Waals surface area contributed by atoms with E-state index in [1.807, 2.05) is 6.92 Å². The normalized spacial score (nSPS) is 12.2. The Kier molecular flexibility index (Phi) is 11.0. The van der Waals surface area contributed by atoms with Gasteiger partial charge in [-0.15, -0.1) is 0 Å². The zero-order chi connectivity index (χ0) is 26.3. The summed E-state index contributed by atoms with van der Waals surface area (Å²) < 4.78 is 26.1. The van der Waals surface area contributed by atoms with Gasteiger partial charge in [-0.3, -0.25) is 13.9 Å². The summed E-state index contributed by atoms with van der Waals surface area (Å²) in [6.45, 7) is 3.44. The zero-order valence-electron chi connectivity index (χ0n) is 19.5. The minimum Gasteiger partial charge on any atom is -0.354 e. The van der Waals surface area contributed by atoms with Crippen molar-refractivity contribution in [3.05, 3.63) is 62.1 Å². The monoisotopic (exact) mass is 581 g/mol. The Balaban J connectivity index is 2.40. The van der Waals surface area contributed by atoms with Crippen LogP contribution in [0.3, 0.4) is 0 Å². The van der Waals surface area contributed by atoms with Crippen molar-refractivity contribution in [1.82, 2.24) is 10.2 Å². The lowest BCUT2D eigenvalue weighted by Gasteiger charge is -2.31. The molecule has 0 radical (unpaired) electrons. The van der Waals surface area contributed by atoms with Crippen LogP contribution in [0.15, 0.2) is 36.4 Å². The maximum absolute atomic E-state index is 13.5. The number of hydrogen-bond donors (Lipinski definition) is 1. The van der Waals surface area contributed by atoms with Crippen LogP contribution in [-0.2, 0) is 26.2 Å². The molecule has 2 aromatic carbocycles. The number of sulfonamides is 1. The number of halogens is 4. The zero-order valence-corrected chi connectivity index (χ0v) is 23.4. The van der Waals surface area contributed by atoms with E-state index in [1.54, 1.807) is 19.1 Å². The van der Waals surface area contributed by atoms with Crippen molar-refractivity contribution in [2.45, 2.75) is 39.3 Å². The molecule has 2 aromatic rings. The molecular weight excluding hydrogens is 556 g/mol. The highest BCUT2D eigenvalue weighted by molar-refractivity contribution is 7.92. The van der Waals surface area contributed by atoms with Gasteiger partial charge in [-0.05, 0) is 49.2 Å². The van der Waals surface area contributed by atoms with Gasteiger partial charge in [-0.2, -0.15) is 0 Å². The fraction of sp³-hybridized carbons (Fsp3) is 0.391. The lowest BCUT2D eigenvalue weighted by molar-refractivity contribution is -0.139. The number of nitrogens with zero attached hydrogens (tertiary/aromatic N) is 2. The fourth-order valence-corrected chi connectivity index (χ4v) is 4.81. The molecule has 192 valence electrons. The highest BCUT2D eigenvalue weighted by Gasteiger charge is 2.30. The molecule has 0 fully saturated rings. The molecule has 0 aliphatic rings. The van der Waals surface area contributed by atoms with Crippen molar-refractivity contribution in [3.63, 3.8) is 0 Å². The van der Waals surface area contributed by atoms with E-state index in [1.165, 1.54) is 29.2 Å². The molecule has 2 amide bonds. The Labute approximate surface area is 226 Å². The first-order valence-electron chi connectivity index (χ1n) is 10.8. The van der Waals surface area contributed by atoms with Crippen LogP contribution in [0.5, 0.6) is 0 Å². The van der Waals surface area contributed by atoms with E-state index in [2.05, 4.69) is 5.32 Å². The molecule has 2 rings (SSSR count). The number of nitrogens with one attached hydrogen (secondary N) is 1. The van der Waals surface area contributed by atoms with Crippen LogP contribution in [0.1, 0.15) is 32.3 Å². The van der Waals surface area contributed by atoms with Crippen LogP contribution in [-0.4, -0.2) is 50.5 Å². The first kappa shape index (κ1) is 29.5. The van der Waals surface area contributed by atoms with Crippen molar-refractivity contribution in [2.24, 2.45) is 0 Å². The fourth-order valence-electron chi connectivity index (χ4n) is 3.21. The Morgan fingerprint density at radius 3 is 2.26 bits per heavy atom. The van der Waals surface area contributed by atoms with E-state index in [4.69, 9.17) is 46.4 Å². The van der Waals surface area contributed by atoms with Crippen molar-refractivity contribution < 1.29 is 18.0 Å². The number of anilines is 1. The van der Waals surface area contributed by atoms with Crippen LogP contribution < -0.4 is 9.62 Å². The number of hydrogen-bond acceptors (Lipinski definition) is 4. The molecule has 0 saturated heterocycles. The SMILES string of the molecule is CCCCNC(=O)[C@@H](C)N(Cc1ccc(Cl)cc1Cl)C(=O)CN(c1ccc(Cl)c(Cl)c1)S(C)(=O)=O. The summed E-state index contributed by atoms with van der Waals surface area (Å²) in [7, 11) is -3.89. The summed E-state index contributed by atoms with van der Waals surface area (Å²) in [4.78, 5) is 27.6. The summed E-state index contributed by atoms with van der Waals surface area (Å²) in [5.41, 5.74) is 0.720. The summed E-state index contributed by atoms with van der Waals surface area (Å²) in [6, 6.07) is 8.16. The molecule has 35 heavy (non-hydrogen) atoms. The van der Waals surface area contributed by atoms with E-state index < -0.39 is 28.5 Å². The first-order valence-corrected chi connectivity index (χ1v) is 14.1. The maximum Gasteiger partial charge on any atom is 0.244 e. The van der Waals surface area contributed by atoms with Gasteiger partial charge in [0.2, 0.25) is 21.8 Å². The van der Waals surface area contributed by atoms with Gasteiger partial charge in [0.25, 0.3) is 0 Å². The van der Waals surface area contributed by atoms with Crippen LogP contribution in [0.4, 0.5) is 5.69 Å². The van der Waals surface area contributed by atoms with Crippen molar-refractivity contribution in [1.29, 1.82) is 0 Å². The predicted molar refractivity (Wildman–Crippen MR) is 143 cm³/mol. The second-order valence-electron chi connectivity index (χ2n) is 7.95. The smallest absolute Gasteiger partial charge is 0.244 e. The Hall–Kier alpha value is -1.71. The molecule has 0 aromatic heterocycles. The van der Waals surface area contributed by atoms with E-state index in [9.17, 15) is 18.0 Å². The number of carbonyl (C=O) groups excluding carboxylic acids is 2. The molecule has 7 nitrogen and oxygen atoms in total. The highest BCUT2D eigenvalue weighted by atomic mass is 35.5. The third kappa shape index (κ3) is 8.43. The van der Waals surface area contributed by atoms with Gasteiger partial charge in [-0.1, -0.05) is 65.8 Å². The third-order valence-corrected chi connectivity index (χ3v) is 7.69. The molecule has 1 atom stereocenters. The second-order valence-corrected chi connectivity index (χ2v) is 11.5. The average Bonchev–Trinajstić information content (AvgIpc) is 2.77. The van der Waals surface area contributed by atoms with Crippen LogP contribution in [0.25, 0.3) is 0 Å². The summed E-state index contributed by atoms with van der Waals surface area (Å²) in [5, 5.41) is 3.93. The third-order valence-electron chi connectivity index (χ3n) is 5.22. The lowest BCUT2D eigenvalue weighted by Crippen LogP contribution is -2.51. The first-order chi connectivity index (χ1) is 16.3. The minimum atomic E-state index is -3.89. The lowest BCUT2D eigenvalue weighted by atomic mass is 10.1. The quantitative estimate of drug-likeness (QED) is 0.359. The number of rotatable bonds is 11. The van der Waals surface area contributed by atoms with E-state index in [0.717, 1.165) is 23.4 Å². The summed E-state index contributed by atoms with van der Waals surface area (Å²) in [5.74, 6) is -0.969. The minimum absolute atomic E-state index is 0.0316. The number of carbonyl (C=O) groups is 2. The van der Waals surface area contributed by atoms with Crippen LogP contribution in [0.2, 0.25) is 20.1 Å². The highest BCUT2D eigenvalue weighted by Crippen LogP contribution is 2.29. The standard InChI is InChI=1S/C23H27Cl4N3O4S/c1-4-5-10-28-23(32)15(2)29(13-16-6-7-17(24)11-20(16)26)22(31)14-30(35(3,33)34)18-8-9-19(25)21(27)12-18/h6-9,11-12,15H,4-5,10,13-14H2,1-3H3,(H,28,32)/t15-/m1/s1. The molecule has 0 saturated carbocycles.